The zero-order valence-corrected chi connectivity index (χ0v) is 8.91. The molecule has 0 radical (unpaired) electrons. The Labute approximate surface area is 86.3 Å². The first-order chi connectivity index (χ1) is 5.75. The van der Waals surface area contributed by atoms with Crippen molar-refractivity contribution in [3.63, 3.8) is 0 Å². The van der Waals surface area contributed by atoms with E-state index in [0.717, 1.165) is 8.79 Å². The van der Waals surface area contributed by atoms with Gasteiger partial charge in [0, 0.05) is 0 Å². The van der Waals surface area contributed by atoms with Crippen molar-refractivity contribution in [3.8, 4) is 10.8 Å². The molecular weight excluding hydrogens is 262 g/mol. The maximum Gasteiger partial charge on any atom is 0.194 e. The summed E-state index contributed by atoms with van der Waals surface area (Å²) in [5.74, 6) is 0.704. The van der Waals surface area contributed by atoms with Crippen LogP contribution in [0.2, 0.25) is 5.22 Å². The van der Waals surface area contributed by atoms with Crippen molar-refractivity contribution < 1.29 is 4.42 Å². The molecule has 0 spiro atoms. The van der Waals surface area contributed by atoms with E-state index in [4.69, 9.17) is 16.0 Å². The second-order valence-corrected chi connectivity index (χ2v) is 4.86. The molecule has 0 fully saturated rings. The number of furan rings is 1. The summed E-state index contributed by atoms with van der Waals surface area (Å²) in [6.45, 7) is 0. The van der Waals surface area contributed by atoms with Crippen LogP contribution in [0.25, 0.3) is 10.8 Å². The van der Waals surface area contributed by atoms with Crippen molar-refractivity contribution in [2.45, 2.75) is 0 Å². The van der Waals surface area contributed by atoms with Crippen molar-refractivity contribution in [3.05, 3.63) is 27.3 Å². The van der Waals surface area contributed by atoms with Gasteiger partial charge in [0.25, 0.3) is 0 Å². The van der Waals surface area contributed by atoms with Gasteiger partial charge in [-0.15, -0.1) is 11.3 Å². The molecule has 0 aliphatic rings. The van der Waals surface area contributed by atoms with Gasteiger partial charge in [-0.25, -0.2) is 4.98 Å². The second-order valence-electron chi connectivity index (χ2n) is 2.07. The minimum atomic E-state index is 0.385. The Morgan fingerprint density at radius 1 is 1.50 bits per heavy atom. The van der Waals surface area contributed by atoms with Crippen molar-refractivity contribution in [1.82, 2.24) is 4.98 Å². The summed E-state index contributed by atoms with van der Waals surface area (Å²) in [5.41, 5.74) is 0. The molecule has 0 amide bonds. The molecule has 0 aromatic carbocycles. The van der Waals surface area contributed by atoms with Crippen LogP contribution in [0, 0.1) is 0 Å². The quantitative estimate of drug-likeness (QED) is 0.782. The standard InChI is InChI=1S/C7H3BrClNOS/c8-5-3-10-7(12-5)4-1-2-6(9)11-4/h1-3H. The summed E-state index contributed by atoms with van der Waals surface area (Å²) in [5, 5.41) is 1.21. The lowest BCUT2D eigenvalue weighted by Gasteiger charge is -1.85. The van der Waals surface area contributed by atoms with Gasteiger partial charge in [0.05, 0.1) is 9.98 Å². The van der Waals surface area contributed by atoms with E-state index in [9.17, 15) is 0 Å². The molecule has 2 aromatic heterocycles. The monoisotopic (exact) mass is 263 g/mol. The predicted octanol–water partition coefficient (Wildman–Crippen LogP) is 3.82. The van der Waals surface area contributed by atoms with Gasteiger partial charge in [-0.2, -0.15) is 0 Å². The Morgan fingerprint density at radius 2 is 2.33 bits per heavy atom. The fourth-order valence-electron chi connectivity index (χ4n) is 0.798. The minimum absolute atomic E-state index is 0.385. The van der Waals surface area contributed by atoms with E-state index in [-0.39, 0.29) is 0 Å². The van der Waals surface area contributed by atoms with Gasteiger partial charge in [-0.05, 0) is 39.7 Å². The molecule has 2 nitrogen and oxygen atoms in total. The highest BCUT2D eigenvalue weighted by atomic mass is 79.9. The molecule has 5 heteroatoms. The third-order valence-corrected chi connectivity index (χ3v) is 2.96. The van der Waals surface area contributed by atoms with Crippen molar-refractivity contribution in [1.29, 1.82) is 0 Å². The lowest BCUT2D eigenvalue weighted by atomic mass is 10.5. The molecule has 0 atom stereocenters. The van der Waals surface area contributed by atoms with E-state index in [0.29, 0.717) is 11.0 Å². The van der Waals surface area contributed by atoms with Crippen LogP contribution in [0.15, 0.2) is 26.5 Å². The Morgan fingerprint density at radius 3 is 2.83 bits per heavy atom. The summed E-state index contributed by atoms with van der Waals surface area (Å²) in [6, 6.07) is 3.50. The fourth-order valence-corrected chi connectivity index (χ4v) is 2.11. The van der Waals surface area contributed by atoms with Gasteiger partial charge in [-0.3, -0.25) is 0 Å². The molecule has 2 aromatic rings. The van der Waals surface area contributed by atoms with Crippen molar-refractivity contribution in [2.75, 3.05) is 0 Å². The summed E-state index contributed by atoms with van der Waals surface area (Å²) >= 11 is 10.4. The fraction of sp³-hybridized carbons (Fsp3) is 0. The molecule has 0 N–H and O–H groups in total. The maximum absolute atomic E-state index is 5.62. The Bertz CT molecular complexity index is 359. The zero-order valence-electron chi connectivity index (χ0n) is 5.75. The molecule has 62 valence electrons. The third-order valence-electron chi connectivity index (χ3n) is 1.26. The molecule has 0 saturated carbocycles. The topological polar surface area (TPSA) is 26.0 Å². The van der Waals surface area contributed by atoms with E-state index in [2.05, 4.69) is 20.9 Å². The van der Waals surface area contributed by atoms with Crippen LogP contribution >= 0.6 is 38.9 Å². The van der Waals surface area contributed by atoms with Gasteiger partial charge in [0.2, 0.25) is 0 Å². The Hall–Kier alpha value is -0.320. The molecule has 0 saturated heterocycles. The van der Waals surface area contributed by atoms with Gasteiger partial charge < -0.3 is 4.42 Å². The first-order valence-corrected chi connectivity index (χ1v) is 5.11. The van der Waals surface area contributed by atoms with Gasteiger partial charge in [0.1, 0.15) is 0 Å². The largest absolute Gasteiger partial charge is 0.442 e. The Kier molecular flexibility index (Phi) is 2.21. The maximum atomic E-state index is 5.62. The van der Waals surface area contributed by atoms with E-state index < -0.39 is 0 Å². The second kappa shape index (κ2) is 3.20. The van der Waals surface area contributed by atoms with E-state index in [1.165, 1.54) is 11.3 Å². The first-order valence-electron chi connectivity index (χ1n) is 3.13. The van der Waals surface area contributed by atoms with Crippen molar-refractivity contribution in [2.24, 2.45) is 0 Å². The number of nitrogens with zero attached hydrogens (tertiary/aromatic N) is 1. The molecule has 0 bridgehead atoms. The van der Waals surface area contributed by atoms with Gasteiger partial charge in [0.15, 0.2) is 16.0 Å². The third kappa shape index (κ3) is 1.55. The number of rotatable bonds is 1. The predicted molar refractivity (Wildman–Crippen MR) is 52.5 cm³/mol. The van der Waals surface area contributed by atoms with Crippen molar-refractivity contribution >= 4 is 38.9 Å². The molecule has 0 aliphatic carbocycles. The normalized spacial score (nSPS) is 10.5. The smallest absolute Gasteiger partial charge is 0.194 e. The lowest BCUT2D eigenvalue weighted by molar-refractivity contribution is 0.584. The summed E-state index contributed by atoms with van der Waals surface area (Å²) in [7, 11) is 0. The van der Waals surface area contributed by atoms with Crippen LogP contribution in [0.4, 0.5) is 0 Å². The lowest BCUT2D eigenvalue weighted by Crippen LogP contribution is -1.66. The minimum Gasteiger partial charge on any atom is -0.442 e. The van der Waals surface area contributed by atoms with Crippen LogP contribution in [-0.4, -0.2) is 4.98 Å². The van der Waals surface area contributed by atoms with E-state index in [1.54, 1.807) is 18.3 Å². The number of hydrogen-bond acceptors (Lipinski definition) is 3. The molecule has 2 rings (SSSR count). The van der Waals surface area contributed by atoms with E-state index in [1.807, 2.05) is 0 Å². The highest BCUT2D eigenvalue weighted by Gasteiger charge is 2.06. The van der Waals surface area contributed by atoms with Gasteiger partial charge >= 0.3 is 0 Å². The van der Waals surface area contributed by atoms with Crippen LogP contribution in [0.1, 0.15) is 0 Å². The van der Waals surface area contributed by atoms with Crippen LogP contribution < -0.4 is 0 Å². The first kappa shape index (κ1) is 8.29. The highest BCUT2D eigenvalue weighted by Crippen LogP contribution is 2.30. The number of halogens is 2. The average Bonchev–Trinajstić information content (AvgIpc) is 2.58. The molecule has 0 aliphatic heterocycles. The summed E-state index contributed by atoms with van der Waals surface area (Å²) in [4.78, 5) is 4.12. The zero-order chi connectivity index (χ0) is 8.55. The Balaban J connectivity index is 2.43. The van der Waals surface area contributed by atoms with Crippen LogP contribution in [-0.2, 0) is 0 Å². The number of thiazole rings is 1. The summed E-state index contributed by atoms with van der Waals surface area (Å²) in [6.07, 6.45) is 1.73. The molecule has 0 unspecified atom stereocenters. The summed E-state index contributed by atoms with van der Waals surface area (Å²) < 4.78 is 6.15. The SMILES string of the molecule is Clc1ccc(-c2ncc(Br)s2)o1. The van der Waals surface area contributed by atoms with Gasteiger partial charge in [-0.1, -0.05) is 0 Å². The van der Waals surface area contributed by atoms with E-state index >= 15 is 0 Å². The average molecular weight is 265 g/mol. The number of aromatic nitrogens is 1. The highest BCUT2D eigenvalue weighted by molar-refractivity contribution is 9.11. The molecular formula is C7H3BrClNOS. The van der Waals surface area contributed by atoms with Crippen LogP contribution in [0.5, 0.6) is 0 Å². The molecule has 12 heavy (non-hydrogen) atoms. The molecule has 2 heterocycles. The number of hydrogen-bond donors (Lipinski definition) is 0. The van der Waals surface area contributed by atoms with Crippen LogP contribution in [0.3, 0.4) is 0 Å².